The summed E-state index contributed by atoms with van der Waals surface area (Å²) in [6.07, 6.45) is 0. The highest BCUT2D eigenvalue weighted by molar-refractivity contribution is 9.11. The van der Waals surface area contributed by atoms with Crippen molar-refractivity contribution in [2.75, 3.05) is 0 Å². The average molecular weight is 332 g/mol. The Morgan fingerprint density at radius 1 is 1.22 bits per heavy atom. The highest BCUT2D eigenvalue weighted by Gasteiger charge is 2.08. The maximum atomic E-state index is 13.1. The number of thiophene rings is 1. The van der Waals surface area contributed by atoms with E-state index >= 15 is 0 Å². The molecule has 1 aromatic carbocycles. The molecule has 0 bridgehead atoms. The summed E-state index contributed by atoms with van der Waals surface area (Å²) in [6, 6.07) is 7.48. The van der Waals surface area contributed by atoms with Gasteiger partial charge in [0, 0.05) is 23.5 Å². The van der Waals surface area contributed by atoms with Crippen molar-refractivity contribution < 1.29 is 8.78 Å². The Morgan fingerprint density at radius 2 is 1.89 bits per heavy atom. The lowest BCUT2D eigenvalue weighted by Crippen LogP contribution is -2.17. The lowest BCUT2D eigenvalue weighted by molar-refractivity contribution is 0.547. The van der Waals surface area contributed by atoms with Crippen LogP contribution in [0.15, 0.2) is 34.1 Å². The Kier molecular flexibility index (Phi) is 4.48. The predicted molar refractivity (Wildman–Crippen MR) is 73.6 cm³/mol. The van der Waals surface area contributed by atoms with Crippen LogP contribution >= 0.6 is 27.3 Å². The Balaban J connectivity index is 2.01. The third kappa shape index (κ3) is 3.60. The second-order valence-corrected chi connectivity index (χ2v) is 6.56. The summed E-state index contributed by atoms with van der Waals surface area (Å²) in [5, 5.41) is 3.24. The molecule has 0 aliphatic heterocycles. The molecule has 1 heterocycles. The first-order valence-electron chi connectivity index (χ1n) is 5.48. The van der Waals surface area contributed by atoms with Crippen molar-refractivity contribution in [2.24, 2.45) is 0 Å². The van der Waals surface area contributed by atoms with Crippen LogP contribution in [0.2, 0.25) is 0 Å². The fourth-order valence-electron chi connectivity index (χ4n) is 1.64. The van der Waals surface area contributed by atoms with Gasteiger partial charge >= 0.3 is 0 Å². The maximum Gasteiger partial charge on any atom is 0.126 e. The lowest BCUT2D eigenvalue weighted by atomic mass is 10.1. The van der Waals surface area contributed by atoms with Crippen molar-refractivity contribution in [3.05, 3.63) is 56.2 Å². The first-order chi connectivity index (χ1) is 8.54. The van der Waals surface area contributed by atoms with Crippen molar-refractivity contribution in [3.8, 4) is 0 Å². The van der Waals surface area contributed by atoms with Gasteiger partial charge in [-0.15, -0.1) is 11.3 Å². The summed E-state index contributed by atoms with van der Waals surface area (Å²) in [5.41, 5.74) is 0.614. The molecule has 1 unspecified atom stereocenters. The molecular formula is C13H12BrF2NS. The van der Waals surface area contributed by atoms with Crippen molar-refractivity contribution >= 4 is 27.3 Å². The highest BCUT2D eigenvalue weighted by atomic mass is 79.9. The molecule has 1 aromatic heterocycles. The van der Waals surface area contributed by atoms with E-state index < -0.39 is 11.6 Å². The summed E-state index contributed by atoms with van der Waals surface area (Å²) in [7, 11) is 0. The number of hydrogen-bond donors (Lipinski definition) is 1. The molecule has 18 heavy (non-hydrogen) atoms. The Bertz CT molecular complexity index is 521. The molecule has 0 aliphatic rings. The largest absolute Gasteiger partial charge is 0.305 e. The van der Waals surface area contributed by atoms with E-state index in [0.29, 0.717) is 12.1 Å². The van der Waals surface area contributed by atoms with E-state index in [1.165, 1.54) is 17.0 Å². The molecule has 0 saturated carbocycles. The zero-order valence-electron chi connectivity index (χ0n) is 9.71. The molecule has 0 fully saturated rings. The van der Waals surface area contributed by atoms with Crippen LogP contribution in [0.4, 0.5) is 8.78 Å². The molecule has 1 nitrogen and oxygen atoms in total. The van der Waals surface area contributed by atoms with Gasteiger partial charge in [0.25, 0.3) is 0 Å². The summed E-state index contributed by atoms with van der Waals surface area (Å²) in [4.78, 5) is 1.17. The van der Waals surface area contributed by atoms with E-state index in [-0.39, 0.29) is 6.04 Å². The SMILES string of the molecule is CC(NCc1ccc(Br)s1)c1cc(F)cc(F)c1. The van der Waals surface area contributed by atoms with E-state index in [2.05, 4.69) is 21.2 Å². The van der Waals surface area contributed by atoms with Gasteiger partial charge in [-0.25, -0.2) is 8.78 Å². The van der Waals surface area contributed by atoms with Crippen molar-refractivity contribution in [3.63, 3.8) is 0 Å². The summed E-state index contributed by atoms with van der Waals surface area (Å²) >= 11 is 5.03. The minimum atomic E-state index is -0.544. The fraction of sp³-hybridized carbons (Fsp3) is 0.231. The summed E-state index contributed by atoms with van der Waals surface area (Å²) in [5.74, 6) is -1.09. The van der Waals surface area contributed by atoms with Crippen molar-refractivity contribution in [1.82, 2.24) is 5.32 Å². The molecule has 0 radical (unpaired) electrons. The molecule has 0 aliphatic carbocycles. The third-order valence-electron chi connectivity index (χ3n) is 2.60. The lowest BCUT2D eigenvalue weighted by Gasteiger charge is -2.13. The molecule has 1 atom stereocenters. The predicted octanol–water partition coefficient (Wildman–Crippen LogP) is 4.64. The maximum absolute atomic E-state index is 13.1. The summed E-state index contributed by atoms with van der Waals surface area (Å²) < 4.78 is 27.2. The van der Waals surface area contributed by atoms with E-state index in [1.54, 1.807) is 11.3 Å². The molecule has 0 saturated heterocycles. The average Bonchev–Trinajstić information content (AvgIpc) is 2.70. The highest BCUT2D eigenvalue weighted by Crippen LogP contribution is 2.23. The van der Waals surface area contributed by atoms with Crippen LogP contribution in [0, 0.1) is 11.6 Å². The zero-order valence-corrected chi connectivity index (χ0v) is 12.1. The first kappa shape index (κ1) is 13.6. The van der Waals surface area contributed by atoms with E-state index in [0.717, 1.165) is 9.85 Å². The number of nitrogens with one attached hydrogen (secondary N) is 1. The summed E-state index contributed by atoms with van der Waals surface area (Å²) in [6.45, 7) is 2.56. The van der Waals surface area contributed by atoms with Crippen LogP contribution in [0.3, 0.4) is 0 Å². The fourth-order valence-corrected chi connectivity index (χ4v) is 3.08. The van der Waals surface area contributed by atoms with Crippen LogP contribution in [-0.2, 0) is 6.54 Å². The first-order valence-corrected chi connectivity index (χ1v) is 7.09. The molecule has 5 heteroatoms. The Labute approximate surface area is 117 Å². The van der Waals surface area contributed by atoms with E-state index in [4.69, 9.17) is 0 Å². The number of rotatable bonds is 4. The van der Waals surface area contributed by atoms with Gasteiger partial charge in [-0.1, -0.05) is 0 Å². The molecule has 0 spiro atoms. The topological polar surface area (TPSA) is 12.0 Å². The molecular weight excluding hydrogens is 320 g/mol. The third-order valence-corrected chi connectivity index (χ3v) is 4.22. The van der Waals surface area contributed by atoms with Crippen LogP contribution in [0.25, 0.3) is 0 Å². The number of hydrogen-bond acceptors (Lipinski definition) is 2. The van der Waals surface area contributed by atoms with E-state index in [9.17, 15) is 8.78 Å². The van der Waals surface area contributed by atoms with Gasteiger partial charge in [-0.2, -0.15) is 0 Å². The number of halogens is 3. The van der Waals surface area contributed by atoms with Gasteiger partial charge in [0.15, 0.2) is 0 Å². The van der Waals surface area contributed by atoms with Gasteiger partial charge in [0.1, 0.15) is 11.6 Å². The smallest absolute Gasteiger partial charge is 0.126 e. The number of benzene rings is 1. The van der Waals surface area contributed by atoms with Crippen LogP contribution in [0.1, 0.15) is 23.4 Å². The van der Waals surface area contributed by atoms with Gasteiger partial charge < -0.3 is 5.32 Å². The molecule has 2 rings (SSSR count). The molecule has 0 amide bonds. The van der Waals surface area contributed by atoms with E-state index in [1.807, 2.05) is 19.1 Å². The standard InChI is InChI=1S/C13H12BrF2NS/c1-8(9-4-10(15)6-11(16)5-9)17-7-12-2-3-13(14)18-12/h2-6,8,17H,7H2,1H3. The zero-order chi connectivity index (χ0) is 13.1. The van der Waals surface area contributed by atoms with Crippen LogP contribution in [0.5, 0.6) is 0 Å². The van der Waals surface area contributed by atoms with Crippen LogP contribution < -0.4 is 5.32 Å². The quantitative estimate of drug-likeness (QED) is 0.860. The molecule has 96 valence electrons. The van der Waals surface area contributed by atoms with Crippen LogP contribution in [-0.4, -0.2) is 0 Å². The Morgan fingerprint density at radius 3 is 2.44 bits per heavy atom. The van der Waals surface area contributed by atoms with Gasteiger partial charge in [-0.3, -0.25) is 0 Å². The van der Waals surface area contributed by atoms with Crippen molar-refractivity contribution in [1.29, 1.82) is 0 Å². The van der Waals surface area contributed by atoms with Crippen molar-refractivity contribution in [2.45, 2.75) is 19.5 Å². The Hall–Kier alpha value is -0.780. The normalized spacial score (nSPS) is 12.7. The monoisotopic (exact) mass is 331 g/mol. The minimum absolute atomic E-state index is 0.101. The van der Waals surface area contributed by atoms with Gasteiger partial charge in [0.2, 0.25) is 0 Å². The second kappa shape index (κ2) is 5.91. The van der Waals surface area contributed by atoms with Gasteiger partial charge in [0.05, 0.1) is 3.79 Å². The molecule has 2 aromatic rings. The van der Waals surface area contributed by atoms with Gasteiger partial charge in [-0.05, 0) is 52.7 Å². The minimum Gasteiger partial charge on any atom is -0.305 e. The second-order valence-electron chi connectivity index (χ2n) is 4.01. The molecule has 1 N–H and O–H groups in total.